The number of carbonyl (C=O) groups excluding carboxylic acids is 2. The van der Waals surface area contributed by atoms with E-state index >= 15 is 0 Å². The molecule has 0 aliphatic heterocycles. The quantitative estimate of drug-likeness (QED) is 0.339. The third-order valence-electron chi connectivity index (χ3n) is 4.62. The zero-order valence-corrected chi connectivity index (χ0v) is 18.1. The van der Waals surface area contributed by atoms with E-state index in [1.165, 1.54) is 12.1 Å². The first kappa shape index (κ1) is 22.4. The molecule has 0 saturated heterocycles. The summed E-state index contributed by atoms with van der Waals surface area (Å²) in [5.74, 6) is -0.975. The Morgan fingerprint density at radius 3 is 2.52 bits per heavy atom. The van der Waals surface area contributed by atoms with Crippen molar-refractivity contribution in [1.82, 2.24) is 5.32 Å². The summed E-state index contributed by atoms with van der Waals surface area (Å²) in [6.07, 6.45) is -0.745. The number of esters is 1. The van der Waals surface area contributed by atoms with Crippen molar-refractivity contribution in [3.8, 4) is 5.75 Å². The molecule has 1 heterocycles. The minimum absolute atomic E-state index is 0.0259. The number of carbonyl (C=O) groups is 2. The van der Waals surface area contributed by atoms with Gasteiger partial charge in [0.1, 0.15) is 18.2 Å². The number of amides is 1. The van der Waals surface area contributed by atoms with Crippen LogP contribution in [-0.4, -0.2) is 18.1 Å². The number of benzene rings is 2. The van der Waals surface area contributed by atoms with E-state index in [-0.39, 0.29) is 28.9 Å². The second-order valence-electron chi connectivity index (χ2n) is 7.38. The minimum Gasteiger partial charge on any atom is -0.445 e. The minimum atomic E-state index is -0.973. The van der Waals surface area contributed by atoms with Crippen molar-refractivity contribution in [1.29, 1.82) is 0 Å². The van der Waals surface area contributed by atoms with Crippen molar-refractivity contribution < 1.29 is 23.5 Å². The van der Waals surface area contributed by atoms with Crippen LogP contribution in [0, 0.1) is 12.8 Å². The predicted molar refractivity (Wildman–Crippen MR) is 116 cm³/mol. The Labute approximate surface area is 183 Å². The zero-order chi connectivity index (χ0) is 22.5. The molecule has 2 aromatic carbocycles. The Morgan fingerprint density at radius 1 is 1.13 bits per heavy atom. The molecular formula is C23H22ClNO6. The number of fused-ring (bicyclic) bond motifs is 1. The fraction of sp³-hybridized carbons (Fsp3) is 0.261. The van der Waals surface area contributed by atoms with Gasteiger partial charge in [-0.3, -0.25) is 0 Å². The first-order valence-corrected chi connectivity index (χ1v) is 10.1. The van der Waals surface area contributed by atoms with Gasteiger partial charge in [0.2, 0.25) is 0 Å². The van der Waals surface area contributed by atoms with E-state index in [0.29, 0.717) is 10.9 Å². The van der Waals surface area contributed by atoms with Crippen LogP contribution in [0.2, 0.25) is 5.02 Å². The second-order valence-corrected chi connectivity index (χ2v) is 7.78. The monoisotopic (exact) mass is 443 g/mol. The Morgan fingerprint density at radius 2 is 1.84 bits per heavy atom. The van der Waals surface area contributed by atoms with Crippen molar-refractivity contribution in [3.63, 3.8) is 0 Å². The number of hydrogen-bond donors (Lipinski definition) is 1. The molecule has 7 nitrogen and oxygen atoms in total. The first-order valence-electron chi connectivity index (χ1n) is 9.67. The highest BCUT2D eigenvalue weighted by Crippen LogP contribution is 2.31. The Balaban J connectivity index is 1.72. The van der Waals surface area contributed by atoms with Crippen LogP contribution >= 0.6 is 11.6 Å². The van der Waals surface area contributed by atoms with Crippen molar-refractivity contribution >= 4 is 34.6 Å². The van der Waals surface area contributed by atoms with Crippen LogP contribution in [0.3, 0.4) is 0 Å². The van der Waals surface area contributed by atoms with Gasteiger partial charge < -0.3 is 19.2 Å². The maximum Gasteiger partial charge on any atom is 0.408 e. The summed E-state index contributed by atoms with van der Waals surface area (Å²) < 4.78 is 15.8. The molecule has 3 rings (SSSR count). The molecule has 1 aromatic heterocycles. The zero-order valence-electron chi connectivity index (χ0n) is 17.3. The van der Waals surface area contributed by atoms with E-state index in [0.717, 1.165) is 5.56 Å². The van der Waals surface area contributed by atoms with Gasteiger partial charge in [-0.05, 0) is 30.0 Å². The number of ether oxygens (including phenoxy) is 2. The number of halogens is 1. The first-order chi connectivity index (χ1) is 14.7. The highest BCUT2D eigenvalue weighted by molar-refractivity contribution is 6.33. The number of alkyl carbamates (subject to hydrolysis) is 1. The van der Waals surface area contributed by atoms with Crippen molar-refractivity contribution in [2.45, 2.75) is 33.4 Å². The van der Waals surface area contributed by atoms with Crippen LogP contribution in [0.5, 0.6) is 5.75 Å². The number of nitrogens with one attached hydrogen (secondary N) is 1. The number of hydrogen-bond acceptors (Lipinski definition) is 6. The summed E-state index contributed by atoms with van der Waals surface area (Å²) in [7, 11) is 0. The topological polar surface area (TPSA) is 94.8 Å². The summed E-state index contributed by atoms with van der Waals surface area (Å²) in [5, 5.41) is 3.33. The van der Waals surface area contributed by atoms with E-state index in [9.17, 15) is 14.4 Å². The van der Waals surface area contributed by atoms with E-state index in [1.54, 1.807) is 26.8 Å². The molecular weight excluding hydrogens is 422 g/mol. The molecule has 0 unspecified atom stereocenters. The van der Waals surface area contributed by atoms with Gasteiger partial charge in [0.15, 0.2) is 5.75 Å². The van der Waals surface area contributed by atoms with Gasteiger partial charge in [0, 0.05) is 17.5 Å². The normalized spacial score (nSPS) is 11.9. The van der Waals surface area contributed by atoms with Gasteiger partial charge in [-0.15, -0.1) is 0 Å². The average molecular weight is 444 g/mol. The van der Waals surface area contributed by atoms with Crippen molar-refractivity contribution in [2.24, 2.45) is 5.92 Å². The largest absolute Gasteiger partial charge is 0.445 e. The molecule has 31 heavy (non-hydrogen) atoms. The Bertz CT molecular complexity index is 1160. The van der Waals surface area contributed by atoms with Gasteiger partial charge >= 0.3 is 17.7 Å². The van der Waals surface area contributed by atoms with Gasteiger partial charge in [0.05, 0.1) is 5.02 Å². The van der Waals surface area contributed by atoms with Gasteiger partial charge in [-0.25, -0.2) is 14.4 Å². The molecule has 0 saturated carbocycles. The number of rotatable bonds is 6. The van der Waals surface area contributed by atoms with Gasteiger partial charge in [0.25, 0.3) is 0 Å². The molecule has 0 aliphatic rings. The molecule has 1 atom stereocenters. The summed E-state index contributed by atoms with van der Waals surface area (Å²) in [6.45, 7) is 5.34. The summed E-state index contributed by atoms with van der Waals surface area (Å²) >= 11 is 6.26. The van der Waals surface area contributed by atoms with E-state index < -0.39 is 23.7 Å². The van der Waals surface area contributed by atoms with Crippen molar-refractivity contribution in [3.05, 3.63) is 75.1 Å². The fourth-order valence-electron chi connectivity index (χ4n) is 2.96. The number of aryl methyl sites for hydroxylation is 1. The van der Waals surface area contributed by atoms with Crippen LogP contribution in [0.25, 0.3) is 11.0 Å². The predicted octanol–water partition coefficient (Wildman–Crippen LogP) is 4.61. The third kappa shape index (κ3) is 5.64. The highest BCUT2D eigenvalue weighted by Gasteiger charge is 2.28. The molecule has 3 aromatic rings. The van der Waals surface area contributed by atoms with Crippen LogP contribution in [0.1, 0.15) is 25.0 Å². The SMILES string of the molecule is Cc1cc(=O)oc2cc(OC(=O)[C@H](NC(=O)OCc3ccccc3)C(C)C)c(Cl)cc12. The molecule has 8 heteroatoms. The van der Waals surface area contributed by atoms with Crippen LogP contribution in [-0.2, 0) is 16.1 Å². The maximum atomic E-state index is 12.7. The molecule has 0 bridgehead atoms. The van der Waals surface area contributed by atoms with E-state index in [1.807, 2.05) is 30.3 Å². The molecule has 162 valence electrons. The molecule has 0 fully saturated rings. The molecule has 1 N–H and O–H groups in total. The second kappa shape index (κ2) is 9.66. The standard InChI is InChI=1S/C23H22ClNO6/c1-13(2)21(25-23(28)29-12-15-7-5-4-6-8-15)22(27)31-19-11-18-16(10-17(19)24)14(3)9-20(26)30-18/h4-11,13,21H,12H2,1-3H3,(H,25,28)/t21-/m1/s1. The lowest BCUT2D eigenvalue weighted by atomic mass is 10.1. The van der Waals surface area contributed by atoms with Crippen molar-refractivity contribution in [2.75, 3.05) is 0 Å². The molecule has 1 amide bonds. The van der Waals surface area contributed by atoms with E-state index in [2.05, 4.69) is 5.32 Å². The lowest BCUT2D eigenvalue weighted by Gasteiger charge is -2.21. The summed E-state index contributed by atoms with van der Waals surface area (Å²) in [5.41, 5.74) is 1.23. The summed E-state index contributed by atoms with van der Waals surface area (Å²) in [6, 6.07) is 12.5. The Kier molecular flexibility index (Phi) is 6.97. The molecule has 0 radical (unpaired) electrons. The maximum absolute atomic E-state index is 12.7. The van der Waals surface area contributed by atoms with Gasteiger partial charge in [-0.2, -0.15) is 0 Å². The smallest absolute Gasteiger partial charge is 0.408 e. The van der Waals surface area contributed by atoms with E-state index in [4.69, 9.17) is 25.5 Å². The van der Waals surface area contributed by atoms with Crippen LogP contribution in [0.4, 0.5) is 4.79 Å². The lowest BCUT2D eigenvalue weighted by Crippen LogP contribution is -2.46. The van der Waals surface area contributed by atoms with Crippen LogP contribution < -0.4 is 15.7 Å². The average Bonchev–Trinajstić information content (AvgIpc) is 2.72. The fourth-order valence-corrected chi connectivity index (χ4v) is 3.16. The van der Waals surface area contributed by atoms with Crippen LogP contribution in [0.15, 0.2) is 57.7 Å². The summed E-state index contributed by atoms with van der Waals surface area (Å²) in [4.78, 5) is 36.6. The third-order valence-corrected chi connectivity index (χ3v) is 4.92. The Hall–Kier alpha value is -3.32. The highest BCUT2D eigenvalue weighted by atomic mass is 35.5. The van der Waals surface area contributed by atoms with Gasteiger partial charge in [-0.1, -0.05) is 55.8 Å². The molecule has 0 spiro atoms. The molecule has 0 aliphatic carbocycles. The lowest BCUT2D eigenvalue weighted by molar-refractivity contribution is -0.137.